The van der Waals surface area contributed by atoms with Crippen molar-refractivity contribution in [3.8, 4) is 5.75 Å². The van der Waals surface area contributed by atoms with Crippen LogP contribution in [0.2, 0.25) is 0 Å². The van der Waals surface area contributed by atoms with E-state index in [9.17, 15) is 9.59 Å². The number of amides is 2. The summed E-state index contributed by atoms with van der Waals surface area (Å²) in [4.78, 5) is 29.0. The Morgan fingerprint density at radius 1 is 1.25 bits per heavy atom. The molecule has 0 aromatic heterocycles. The molecule has 0 bridgehead atoms. The average molecular weight is 395 g/mol. The molecule has 3 atom stereocenters. The molecule has 1 aliphatic carbocycles. The molecule has 5 nitrogen and oxygen atoms in total. The van der Waals surface area contributed by atoms with Crippen molar-refractivity contribution in [3.63, 3.8) is 0 Å². The topological polar surface area (TPSA) is 49.9 Å². The Kier molecular flexibility index (Phi) is 4.85. The first-order valence-electron chi connectivity index (χ1n) is 8.35. The number of carbonyl (C=O) groups excluding carboxylic acids is 2. The number of carbonyl (C=O) groups is 2. The monoisotopic (exact) mass is 394 g/mol. The lowest BCUT2D eigenvalue weighted by molar-refractivity contribution is -0.135. The molecular weight excluding hydrogens is 372 g/mol. The third kappa shape index (κ3) is 3.29. The minimum atomic E-state index is -0.0103. The molecule has 1 aromatic rings. The number of methoxy groups -OCH3 is 1. The van der Waals surface area contributed by atoms with Crippen LogP contribution in [0, 0.1) is 11.8 Å². The van der Waals surface area contributed by atoms with Crippen molar-refractivity contribution in [1.29, 1.82) is 0 Å². The minimum absolute atomic E-state index is 0.0103. The molecule has 1 saturated heterocycles. The predicted molar refractivity (Wildman–Crippen MR) is 95.0 cm³/mol. The average Bonchev–Trinajstić information content (AvgIpc) is 3.30. The molecule has 2 aliphatic rings. The van der Waals surface area contributed by atoms with Crippen LogP contribution in [0.5, 0.6) is 5.75 Å². The lowest BCUT2D eigenvalue weighted by Crippen LogP contribution is -2.55. The van der Waals surface area contributed by atoms with E-state index in [-0.39, 0.29) is 23.8 Å². The number of halogens is 1. The fraction of sp³-hybridized carbons (Fsp3) is 0.556. The van der Waals surface area contributed by atoms with E-state index in [1.807, 2.05) is 16.7 Å². The van der Waals surface area contributed by atoms with Gasteiger partial charge in [-0.15, -0.1) is 0 Å². The first kappa shape index (κ1) is 17.3. The van der Waals surface area contributed by atoms with Gasteiger partial charge in [0.15, 0.2) is 0 Å². The Bertz CT molecular complexity index is 664. The van der Waals surface area contributed by atoms with Crippen molar-refractivity contribution < 1.29 is 14.3 Å². The van der Waals surface area contributed by atoms with Gasteiger partial charge in [0.1, 0.15) is 5.75 Å². The Hall–Kier alpha value is -1.56. The third-order valence-electron chi connectivity index (χ3n) is 5.03. The zero-order valence-corrected chi connectivity index (χ0v) is 15.9. The zero-order valence-electron chi connectivity index (χ0n) is 14.3. The van der Waals surface area contributed by atoms with Crippen molar-refractivity contribution in [2.24, 2.45) is 11.8 Å². The molecule has 130 valence electrons. The highest BCUT2D eigenvalue weighted by molar-refractivity contribution is 9.10. The highest BCUT2D eigenvalue weighted by Gasteiger charge is 2.43. The van der Waals surface area contributed by atoms with Crippen LogP contribution < -0.4 is 4.74 Å². The van der Waals surface area contributed by atoms with E-state index in [0.29, 0.717) is 36.9 Å². The molecule has 0 radical (unpaired) electrons. The highest BCUT2D eigenvalue weighted by atomic mass is 79.9. The molecule has 1 saturated carbocycles. The summed E-state index contributed by atoms with van der Waals surface area (Å²) < 4.78 is 5.90. The van der Waals surface area contributed by atoms with E-state index in [4.69, 9.17) is 4.74 Å². The van der Waals surface area contributed by atoms with E-state index in [0.717, 1.165) is 10.9 Å². The van der Waals surface area contributed by atoms with Gasteiger partial charge in [-0.2, -0.15) is 0 Å². The standard InChI is InChI=1S/C18H23BrN2O3/c1-11-8-15(11)17(22)20-6-7-21(12(2)10-20)18(23)14-5-4-13(24-3)9-16(14)19/h4-5,9,11-12,15H,6-8,10H2,1-3H3/t11-,12+,15-/m1/s1. The van der Waals surface area contributed by atoms with Gasteiger partial charge in [-0.25, -0.2) is 0 Å². The summed E-state index contributed by atoms with van der Waals surface area (Å²) in [7, 11) is 1.60. The molecule has 6 heteroatoms. The number of hydrogen-bond acceptors (Lipinski definition) is 3. The third-order valence-corrected chi connectivity index (χ3v) is 5.69. The smallest absolute Gasteiger partial charge is 0.255 e. The maximum atomic E-state index is 12.9. The van der Waals surface area contributed by atoms with E-state index < -0.39 is 0 Å². The largest absolute Gasteiger partial charge is 0.497 e. The number of nitrogens with zero attached hydrogens (tertiary/aromatic N) is 2. The van der Waals surface area contributed by atoms with E-state index in [2.05, 4.69) is 22.9 Å². The molecule has 0 spiro atoms. The Balaban J connectivity index is 1.68. The van der Waals surface area contributed by atoms with Crippen LogP contribution in [0.3, 0.4) is 0 Å². The summed E-state index contributed by atoms with van der Waals surface area (Å²) in [6, 6.07) is 5.38. The summed E-state index contributed by atoms with van der Waals surface area (Å²) in [6.45, 7) is 5.93. The highest BCUT2D eigenvalue weighted by Crippen LogP contribution is 2.39. The van der Waals surface area contributed by atoms with Gasteiger partial charge in [-0.1, -0.05) is 6.92 Å². The van der Waals surface area contributed by atoms with Crippen molar-refractivity contribution >= 4 is 27.7 Å². The first-order valence-corrected chi connectivity index (χ1v) is 9.15. The molecule has 1 aliphatic heterocycles. The number of rotatable bonds is 3. The Morgan fingerprint density at radius 3 is 2.50 bits per heavy atom. The van der Waals surface area contributed by atoms with Crippen molar-refractivity contribution in [2.45, 2.75) is 26.3 Å². The van der Waals surface area contributed by atoms with Crippen LogP contribution in [0.1, 0.15) is 30.6 Å². The van der Waals surface area contributed by atoms with Crippen LogP contribution in [0.4, 0.5) is 0 Å². The SMILES string of the molecule is COc1ccc(C(=O)N2CCN(C(=O)[C@@H]3C[C@H]3C)C[C@@H]2C)c(Br)c1. The van der Waals surface area contributed by atoms with Crippen LogP contribution in [0.25, 0.3) is 0 Å². The van der Waals surface area contributed by atoms with Crippen molar-refractivity contribution in [1.82, 2.24) is 9.80 Å². The molecule has 2 fully saturated rings. The molecule has 3 rings (SSSR count). The maximum Gasteiger partial charge on any atom is 0.255 e. The van der Waals surface area contributed by atoms with E-state index >= 15 is 0 Å². The van der Waals surface area contributed by atoms with Crippen LogP contribution in [0.15, 0.2) is 22.7 Å². The summed E-state index contributed by atoms with van der Waals surface area (Å²) in [5, 5.41) is 0. The number of hydrogen-bond donors (Lipinski definition) is 0. The molecule has 24 heavy (non-hydrogen) atoms. The first-order chi connectivity index (χ1) is 11.4. The van der Waals surface area contributed by atoms with Gasteiger partial charge >= 0.3 is 0 Å². The maximum absolute atomic E-state index is 12.9. The molecule has 2 amide bonds. The van der Waals surface area contributed by atoms with Crippen LogP contribution >= 0.6 is 15.9 Å². The fourth-order valence-corrected chi connectivity index (χ4v) is 3.84. The molecule has 0 unspecified atom stereocenters. The fourth-order valence-electron chi connectivity index (χ4n) is 3.31. The van der Waals surface area contributed by atoms with Gasteiger partial charge in [0.05, 0.1) is 12.7 Å². The van der Waals surface area contributed by atoms with Gasteiger partial charge in [-0.05, 0) is 53.4 Å². The number of benzene rings is 1. The lowest BCUT2D eigenvalue weighted by Gasteiger charge is -2.40. The zero-order chi connectivity index (χ0) is 17.4. The molecular formula is C18H23BrN2O3. The van der Waals surface area contributed by atoms with E-state index in [1.54, 1.807) is 25.3 Å². The summed E-state index contributed by atoms with van der Waals surface area (Å²) in [5.74, 6) is 1.68. The van der Waals surface area contributed by atoms with Crippen LogP contribution in [-0.4, -0.2) is 54.4 Å². The molecule has 1 aromatic carbocycles. The van der Waals surface area contributed by atoms with Gasteiger partial charge in [-0.3, -0.25) is 9.59 Å². The van der Waals surface area contributed by atoms with Crippen LogP contribution in [-0.2, 0) is 4.79 Å². The number of piperazine rings is 1. The molecule has 1 heterocycles. The van der Waals surface area contributed by atoms with Crippen molar-refractivity contribution in [2.75, 3.05) is 26.7 Å². The second kappa shape index (κ2) is 6.75. The quantitative estimate of drug-likeness (QED) is 0.791. The van der Waals surface area contributed by atoms with Crippen molar-refractivity contribution in [3.05, 3.63) is 28.2 Å². The predicted octanol–water partition coefficient (Wildman–Crippen LogP) is 2.79. The Labute approximate surface area is 151 Å². The normalized spacial score (nSPS) is 26.2. The summed E-state index contributed by atoms with van der Waals surface area (Å²) >= 11 is 3.45. The second-order valence-electron chi connectivity index (χ2n) is 6.80. The second-order valence-corrected chi connectivity index (χ2v) is 7.65. The van der Waals surface area contributed by atoms with Gasteiger partial charge in [0.2, 0.25) is 5.91 Å². The minimum Gasteiger partial charge on any atom is -0.497 e. The summed E-state index contributed by atoms with van der Waals surface area (Å²) in [6.07, 6.45) is 1.01. The van der Waals surface area contributed by atoms with E-state index in [1.165, 1.54) is 0 Å². The Morgan fingerprint density at radius 2 is 1.96 bits per heavy atom. The summed E-state index contributed by atoms with van der Waals surface area (Å²) in [5.41, 5.74) is 0.623. The number of ether oxygens (including phenoxy) is 1. The lowest BCUT2D eigenvalue weighted by atomic mass is 10.1. The van der Waals surface area contributed by atoms with Gasteiger partial charge in [0, 0.05) is 36.1 Å². The van der Waals surface area contributed by atoms with Gasteiger partial charge in [0.25, 0.3) is 5.91 Å². The van der Waals surface area contributed by atoms with Gasteiger partial charge < -0.3 is 14.5 Å². The molecule has 0 N–H and O–H groups in total.